The van der Waals surface area contributed by atoms with Gasteiger partial charge in [-0.25, -0.2) is 0 Å². The lowest BCUT2D eigenvalue weighted by atomic mass is 9.42. The van der Waals surface area contributed by atoms with Gasteiger partial charge in [0.05, 0.1) is 23.5 Å². The Hall–Kier alpha value is 0.0300. The molecule has 4 rings (SSSR count). The van der Waals surface area contributed by atoms with E-state index in [1.54, 1.807) is 0 Å². The van der Waals surface area contributed by atoms with Crippen LogP contribution < -0.4 is 0 Å². The van der Waals surface area contributed by atoms with Crippen molar-refractivity contribution in [2.75, 3.05) is 0 Å². The highest BCUT2D eigenvalue weighted by Crippen LogP contribution is 2.76. The van der Waals surface area contributed by atoms with Crippen LogP contribution >= 0.6 is 7.60 Å². The minimum absolute atomic E-state index is 0.0300. The zero-order valence-corrected chi connectivity index (χ0v) is 20.5. The minimum atomic E-state index is -4.60. The van der Waals surface area contributed by atoms with E-state index in [4.69, 9.17) is 0 Å². The van der Waals surface area contributed by atoms with Gasteiger partial charge in [-0.3, -0.25) is 4.57 Å². The van der Waals surface area contributed by atoms with Crippen molar-refractivity contribution in [2.24, 2.45) is 40.4 Å². The lowest BCUT2D eigenvalue weighted by molar-refractivity contribution is -0.202. The van der Waals surface area contributed by atoms with Gasteiger partial charge in [-0.05, 0) is 85.4 Å². The van der Waals surface area contributed by atoms with Crippen molar-refractivity contribution in [2.45, 2.75) is 109 Å². The molecule has 0 aromatic carbocycles. The van der Waals surface area contributed by atoms with Gasteiger partial charge in [-0.15, -0.1) is 0 Å². The third kappa shape index (κ3) is 3.19. The number of hydrogen-bond acceptors (Lipinski definition) is 4. The van der Waals surface area contributed by atoms with E-state index < -0.39 is 36.5 Å². The number of aliphatic hydroxyl groups excluding tert-OH is 3. The zero-order chi connectivity index (χ0) is 23.0. The Morgan fingerprint density at radius 2 is 1.71 bits per heavy atom. The van der Waals surface area contributed by atoms with Crippen LogP contribution in [0.25, 0.3) is 0 Å². The van der Waals surface area contributed by atoms with Crippen LogP contribution in [0.15, 0.2) is 0 Å². The molecule has 0 saturated heterocycles. The lowest BCUT2D eigenvalue weighted by Crippen LogP contribution is -2.68. The Kier molecular flexibility index (Phi) is 6.07. The maximum atomic E-state index is 12.9. The average Bonchev–Trinajstić information content (AvgIpc) is 3.02. The Labute approximate surface area is 187 Å². The second-order valence-electron chi connectivity index (χ2n) is 12.0. The first-order valence-electron chi connectivity index (χ1n) is 12.4. The molecular formula is C24H43O6P. The fraction of sp³-hybridized carbons (Fsp3) is 1.00. The van der Waals surface area contributed by atoms with E-state index in [9.17, 15) is 29.7 Å². The monoisotopic (exact) mass is 458 g/mol. The van der Waals surface area contributed by atoms with Crippen LogP contribution in [-0.2, 0) is 4.57 Å². The Morgan fingerprint density at radius 1 is 1.03 bits per heavy atom. The molecule has 0 unspecified atom stereocenters. The molecule has 4 saturated carbocycles. The van der Waals surface area contributed by atoms with Gasteiger partial charge < -0.3 is 25.1 Å². The Bertz CT molecular complexity index is 740. The zero-order valence-electron chi connectivity index (χ0n) is 19.6. The van der Waals surface area contributed by atoms with Crippen molar-refractivity contribution in [3.63, 3.8) is 0 Å². The maximum absolute atomic E-state index is 12.9. The summed E-state index contributed by atoms with van der Waals surface area (Å²) in [6, 6.07) is 0. The maximum Gasteiger partial charge on any atom is 0.332 e. The molecule has 180 valence electrons. The second kappa shape index (κ2) is 7.78. The third-order valence-electron chi connectivity index (χ3n) is 10.9. The predicted molar refractivity (Wildman–Crippen MR) is 119 cm³/mol. The first-order chi connectivity index (χ1) is 14.3. The molecule has 0 spiro atoms. The van der Waals surface area contributed by atoms with Crippen molar-refractivity contribution in [3.8, 4) is 0 Å². The van der Waals surface area contributed by atoms with E-state index in [-0.39, 0.29) is 36.0 Å². The molecule has 4 aliphatic rings. The predicted octanol–water partition coefficient (Wildman–Crippen LogP) is 3.68. The molecule has 7 heteroatoms. The summed E-state index contributed by atoms with van der Waals surface area (Å²) in [7, 11) is -4.60. The normalized spacial score (nSPS) is 53.4. The van der Waals surface area contributed by atoms with Crippen molar-refractivity contribution in [1.82, 2.24) is 0 Å². The van der Waals surface area contributed by atoms with Gasteiger partial charge >= 0.3 is 7.60 Å². The molecule has 0 amide bonds. The SMILES string of the molecule is CCC[C@@H](C)[C@H]1CC[C@H]2[C@@H]3[C@H](O)C[C@]4(P(=O)(O)O)C[C@H](O)CC[C@]4(C)[C@H]3C[C@H](O)[C@]12C. The highest BCUT2D eigenvalue weighted by atomic mass is 31.2. The van der Waals surface area contributed by atoms with Crippen LogP contribution in [0, 0.1) is 40.4 Å². The van der Waals surface area contributed by atoms with Gasteiger partial charge in [0.25, 0.3) is 0 Å². The van der Waals surface area contributed by atoms with Crippen LogP contribution in [0.1, 0.15) is 85.5 Å². The summed E-state index contributed by atoms with van der Waals surface area (Å²) >= 11 is 0. The summed E-state index contributed by atoms with van der Waals surface area (Å²) < 4.78 is 12.9. The molecule has 5 N–H and O–H groups in total. The highest BCUT2D eigenvalue weighted by Gasteiger charge is 2.73. The molecule has 0 aromatic rings. The van der Waals surface area contributed by atoms with E-state index in [2.05, 4.69) is 20.8 Å². The molecule has 0 bridgehead atoms. The molecule has 4 aliphatic carbocycles. The molecule has 0 heterocycles. The largest absolute Gasteiger partial charge is 0.393 e. The number of hydrogen-bond donors (Lipinski definition) is 5. The fourth-order valence-corrected chi connectivity index (χ4v) is 11.2. The molecule has 11 atom stereocenters. The Morgan fingerprint density at radius 3 is 2.32 bits per heavy atom. The summed E-state index contributed by atoms with van der Waals surface area (Å²) in [5, 5.41) is 32.0. The quantitative estimate of drug-likeness (QED) is 0.410. The van der Waals surface area contributed by atoms with Crippen molar-refractivity contribution in [1.29, 1.82) is 0 Å². The minimum Gasteiger partial charge on any atom is -0.393 e. The Balaban J connectivity index is 1.76. The average molecular weight is 459 g/mol. The van der Waals surface area contributed by atoms with Crippen molar-refractivity contribution >= 4 is 7.60 Å². The van der Waals surface area contributed by atoms with Gasteiger partial charge in [0.15, 0.2) is 0 Å². The van der Waals surface area contributed by atoms with Crippen LogP contribution in [-0.4, -0.2) is 48.6 Å². The van der Waals surface area contributed by atoms with Crippen LogP contribution in [0.3, 0.4) is 0 Å². The smallest absolute Gasteiger partial charge is 0.332 e. The van der Waals surface area contributed by atoms with E-state index in [1.165, 1.54) is 0 Å². The summed E-state index contributed by atoms with van der Waals surface area (Å²) in [6.45, 7) is 8.68. The van der Waals surface area contributed by atoms with Crippen molar-refractivity contribution < 1.29 is 29.7 Å². The first-order valence-corrected chi connectivity index (χ1v) is 14.0. The summed E-state index contributed by atoms with van der Waals surface area (Å²) in [4.78, 5) is 21.0. The molecule has 6 nitrogen and oxygen atoms in total. The molecule has 0 aliphatic heterocycles. The van der Waals surface area contributed by atoms with E-state index in [0.29, 0.717) is 31.1 Å². The lowest BCUT2D eigenvalue weighted by Gasteiger charge is -2.67. The van der Waals surface area contributed by atoms with Gasteiger partial charge in [-0.1, -0.05) is 40.5 Å². The second-order valence-corrected chi connectivity index (χ2v) is 14.0. The topological polar surface area (TPSA) is 118 Å². The van der Waals surface area contributed by atoms with E-state index in [1.807, 2.05) is 6.92 Å². The third-order valence-corrected chi connectivity index (χ3v) is 12.9. The van der Waals surface area contributed by atoms with E-state index >= 15 is 0 Å². The standard InChI is InChI=1S/C24H43O6P/c1-5-6-14(2)16-7-8-17-21-18(11-20(27)23(16,17)4)22(3)10-9-15(25)12-24(22,13-19(21)26)31(28,29)30/h14-21,25-27H,5-13H2,1-4H3,(H2,28,29,30)/t14-,15-,16-,17+,18+,19-,20+,21+,22-,23-,24-/m1/s1. The summed E-state index contributed by atoms with van der Waals surface area (Å²) in [5.74, 6) is 0.896. The first kappa shape index (κ1) is 24.2. The number of aliphatic hydroxyl groups is 3. The van der Waals surface area contributed by atoms with Crippen LogP contribution in [0.4, 0.5) is 0 Å². The van der Waals surface area contributed by atoms with E-state index in [0.717, 1.165) is 25.7 Å². The fourth-order valence-electron chi connectivity index (χ4n) is 9.39. The number of rotatable bonds is 4. The van der Waals surface area contributed by atoms with Gasteiger partial charge in [-0.2, -0.15) is 0 Å². The highest BCUT2D eigenvalue weighted by molar-refractivity contribution is 7.53. The van der Waals surface area contributed by atoms with Crippen molar-refractivity contribution in [3.05, 3.63) is 0 Å². The molecular weight excluding hydrogens is 415 g/mol. The van der Waals surface area contributed by atoms with Gasteiger partial charge in [0.1, 0.15) is 0 Å². The molecule has 4 fully saturated rings. The molecule has 0 aromatic heterocycles. The molecule has 31 heavy (non-hydrogen) atoms. The molecule has 0 radical (unpaired) electrons. The van der Waals surface area contributed by atoms with Gasteiger partial charge in [0.2, 0.25) is 0 Å². The van der Waals surface area contributed by atoms with Crippen LogP contribution in [0.2, 0.25) is 0 Å². The number of fused-ring (bicyclic) bond motifs is 5. The summed E-state index contributed by atoms with van der Waals surface area (Å²) in [6.07, 6.45) is 3.77. The van der Waals surface area contributed by atoms with Crippen LogP contribution in [0.5, 0.6) is 0 Å². The van der Waals surface area contributed by atoms with Gasteiger partial charge in [0, 0.05) is 0 Å². The summed E-state index contributed by atoms with van der Waals surface area (Å²) in [5.41, 5.74) is -0.964.